The molecule has 0 N–H and O–H groups in total. The van der Waals surface area contributed by atoms with Crippen LogP contribution in [0.4, 0.5) is 0 Å². The van der Waals surface area contributed by atoms with E-state index in [9.17, 15) is 0 Å². The van der Waals surface area contributed by atoms with Gasteiger partial charge < -0.3 is 0 Å². The van der Waals surface area contributed by atoms with Gasteiger partial charge in [0.25, 0.3) is 0 Å². The molecule has 0 saturated heterocycles. The Balaban J connectivity index is 2.47. The smallest absolute Gasteiger partial charge is 0.162 e. The van der Waals surface area contributed by atoms with Gasteiger partial charge in [-0.15, -0.1) is 10.2 Å². The molecule has 0 fully saturated rings. The summed E-state index contributed by atoms with van der Waals surface area (Å²) in [5.74, 6) is 0.937. The largest absolute Gasteiger partial charge is 0.286 e. The van der Waals surface area contributed by atoms with Gasteiger partial charge in [-0.05, 0) is 11.5 Å². The number of nitrogens with zero attached hydrogens (tertiary/aromatic N) is 4. The van der Waals surface area contributed by atoms with E-state index < -0.39 is 0 Å². The fourth-order valence-corrected chi connectivity index (χ4v) is 1.60. The number of hydrogen-bond acceptors (Lipinski definition) is 3. The molecule has 4 nitrogen and oxygen atoms in total. The minimum atomic E-state index is 0.177. The third-order valence-electron chi connectivity index (χ3n) is 2.30. The van der Waals surface area contributed by atoms with Gasteiger partial charge in [-0.25, -0.2) is 0 Å². The third kappa shape index (κ3) is 2.03. The zero-order chi connectivity index (χ0) is 11.8. The number of pyridine rings is 1. The first-order valence-electron chi connectivity index (χ1n) is 5.23. The summed E-state index contributed by atoms with van der Waals surface area (Å²) >= 11 is 0. The summed E-state index contributed by atoms with van der Waals surface area (Å²) in [7, 11) is 0. The van der Waals surface area contributed by atoms with Gasteiger partial charge in [-0.3, -0.25) is 4.40 Å². The van der Waals surface area contributed by atoms with Crippen molar-refractivity contribution in [2.75, 3.05) is 0 Å². The molecule has 2 aromatic rings. The monoisotopic (exact) mass is 214 g/mol. The molecule has 0 aliphatic heterocycles. The molecule has 0 aliphatic rings. The molecule has 0 saturated carbocycles. The Morgan fingerprint density at radius 2 is 2.12 bits per heavy atom. The van der Waals surface area contributed by atoms with Crippen LogP contribution in [0.2, 0.25) is 0 Å². The van der Waals surface area contributed by atoms with Crippen molar-refractivity contribution in [2.45, 2.75) is 27.2 Å². The molecule has 0 atom stereocenters. The molecule has 0 unspecified atom stereocenters. The summed E-state index contributed by atoms with van der Waals surface area (Å²) < 4.78 is 1.94. The number of hydrogen-bond donors (Lipinski definition) is 0. The molecular formula is C12H14N4. The van der Waals surface area contributed by atoms with Crippen LogP contribution in [0.3, 0.4) is 0 Å². The Labute approximate surface area is 94.5 Å². The van der Waals surface area contributed by atoms with Crippen molar-refractivity contribution in [1.82, 2.24) is 14.6 Å². The maximum Gasteiger partial charge on any atom is 0.162 e. The number of nitriles is 1. The van der Waals surface area contributed by atoms with Gasteiger partial charge in [-0.2, -0.15) is 5.26 Å². The van der Waals surface area contributed by atoms with E-state index >= 15 is 0 Å². The van der Waals surface area contributed by atoms with E-state index in [-0.39, 0.29) is 5.41 Å². The lowest BCUT2D eigenvalue weighted by Gasteiger charge is -2.16. The summed E-state index contributed by atoms with van der Waals surface area (Å²) in [6.07, 6.45) is 2.72. The highest BCUT2D eigenvalue weighted by molar-refractivity contribution is 5.45. The predicted octanol–water partition coefficient (Wildman–Crippen LogP) is 2.19. The van der Waals surface area contributed by atoms with Crippen molar-refractivity contribution < 1.29 is 0 Å². The first-order chi connectivity index (χ1) is 7.49. The fourth-order valence-electron chi connectivity index (χ4n) is 1.60. The Morgan fingerprint density at radius 3 is 2.75 bits per heavy atom. The van der Waals surface area contributed by atoms with Gasteiger partial charge in [0.2, 0.25) is 0 Å². The first-order valence-corrected chi connectivity index (χ1v) is 5.23. The lowest BCUT2D eigenvalue weighted by molar-refractivity contribution is 0.399. The van der Waals surface area contributed by atoms with Crippen LogP contribution in [0.25, 0.3) is 5.65 Å². The predicted molar refractivity (Wildman–Crippen MR) is 60.9 cm³/mol. The zero-order valence-corrected chi connectivity index (χ0v) is 9.73. The fraction of sp³-hybridized carbons (Fsp3) is 0.417. The van der Waals surface area contributed by atoms with Gasteiger partial charge in [0.05, 0.1) is 11.6 Å². The van der Waals surface area contributed by atoms with Crippen molar-refractivity contribution >= 4 is 5.65 Å². The summed E-state index contributed by atoms with van der Waals surface area (Å²) in [6.45, 7) is 6.49. The van der Waals surface area contributed by atoms with Crippen LogP contribution in [0, 0.1) is 16.7 Å². The molecule has 0 spiro atoms. The molecule has 0 aliphatic carbocycles. The van der Waals surface area contributed by atoms with Crippen LogP contribution in [0.1, 0.15) is 32.2 Å². The van der Waals surface area contributed by atoms with Gasteiger partial charge in [0.1, 0.15) is 5.82 Å². The molecule has 0 amide bonds. The van der Waals surface area contributed by atoms with Crippen molar-refractivity contribution in [3.63, 3.8) is 0 Å². The van der Waals surface area contributed by atoms with Crippen LogP contribution in [0.15, 0.2) is 18.3 Å². The van der Waals surface area contributed by atoms with Gasteiger partial charge >= 0.3 is 0 Å². The molecule has 16 heavy (non-hydrogen) atoms. The molecular weight excluding hydrogens is 200 g/mol. The average Bonchev–Trinajstić information content (AvgIpc) is 2.58. The van der Waals surface area contributed by atoms with Crippen molar-refractivity contribution in [1.29, 1.82) is 5.26 Å². The molecule has 0 aromatic carbocycles. The van der Waals surface area contributed by atoms with Crippen molar-refractivity contribution in [3.05, 3.63) is 29.7 Å². The van der Waals surface area contributed by atoms with Crippen LogP contribution < -0.4 is 0 Å². The van der Waals surface area contributed by atoms with Crippen LogP contribution in [0.5, 0.6) is 0 Å². The maximum atomic E-state index is 8.78. The normalized spacial score (nSPS) is 11.6. The van der Waals surface area contributed by atoms with E-state index in [4.69, 9.17) is 5.26 Å². The minimum Gasteiger partial charge on any atom is -0.286 e. The van der Waals surface area contributed by atoms with E-state index in [1.807, 2.05) is 10.6 Å². The van der Waals surface area contributed by atoms with Crippen molar-refractivity contribution in [3.8, 4) is 6.07 Å². The number of fused-ring (bicyclic) bond motifs is 1. The van der Waals surface area contributed by atoms with Gasteiger partial charge in [0, 0.05) is 18.7 Å². The second-order valence-corrected chi connectivity index (χ2v) is 5.11. The summed E-state index contributed by atoms with van der Waals surface area (Å²) in [5.41, 5.74) is 1.53. The molecule has 4 heteroatoms. The summed E-state index contributed by atoms with van der Waals surface area (Å²) in [5, 5.41) is 17.0. The Morgan fingerprint density at radius 1 is 1.38 bits per heavy atom. The Hall–Kier alpha value is -1.89. The maximum absolute atomic E-state index is 8.78. The SMILES string of the molecule is CC(C)(C)Cc1nnc2cc(C#N)ccn12. The van der Waals surface area contributed by atoms with E-state index in [1.54, 1.807) is 12.1 Å². The molecule has 82 valence electrons. The lowest BCUT2D eigenvalue weighted by Crippen LogP contribution is -2.11. The Bertz CT molecular complexity index is 554. The van der Waals surface area contributed by atoms with Crippen LogP contribution in [-0.2, 0) is 6.42 Å². The molecule has 2 heterocycles. The molecule has 0 radical (unpaired) electrons. The topological polar surface area (TPSA) is 54.0 Å². The highest BCUT2D eigenvalue weighted by Crippen LogP contribution is 2.19. The van der Waals surface area contributed by atoms with E-state index in [0.717, 1.165) is 17.9 Å². The van der Waals surface area contributed by atoms with E-state index in [2.05, 4.69) is 37.0 Å². The average molecular weight is 214 g/mol. The molecule has 2 aromatic heterocycles. The Kier molecular flexibility index (Phi) is 2.39. The zero-order valence-electron chi connectivity index (χ0n) is 9.73. The highest BCUT2D eigenvalue weighted by atomic mass is 15.2. The van der Waals surface area contributed by atoms with Crippen LogP contribution >= 0.6 is 0 Å². The molecule has 2 rings (SSSR count). The summed E-state index contributed by atoms with van der Waals surface area (Å²) in [4.78, 5) is 0. The minimum absolute atomic E-state index is 0.177. The number of rotatable bonds is 1. The quantitative estimate of drug-likeness (QED) is 0.731. The van der Waals surface area contributed by atoms with Crippen LogP contribution in [-0.4, -0.2) is 14.6 Å². The third-order valence-corrected chi connectivity index (χ3v) is 2.30. The summed E-state index contributed by atoms with van der Waals surface area (Å²) in [6, 6.07) is 5.62. The van der Waals surface area contributed by atoms with Gasteiger partial charge in [-0.1, -0.05) is 20.8 Å². The second-order valence-electron chi connectivity index (χ2n) is 5.11. The number of aromatic nitrogens is 3. The van der Waals surface area contributed by atoms with E-state index in [0.29, 0.717) is 5.56 Å². The lowest BCUT2D eigenvalue weighted by atomic mass is 9.92. The van der Waals surface area contributed by atoms with Crippen molar-refractivity contribution in [2.24, 2.45) is 5.41 Å². The highest BCUT2D eigenvalue weighted by Gasteiger charge is 2.15. The molecule has 0 bridgehead atoms. The second kappa shape index (κ2) is 3.60. The van der Waals surface area contributed by atoms with E-state index in [1.165, 1.54) is 0 Å². The first kappa shape index (κ1) is 10.6. The van der Waals surface area contributed by atoms with Gasteiger partial charge in [0.15, 0.2) is 5.65 Å². The standard InChI is InChI=1S/C12H14N4/c1-12(2,3)7-11-15-14-10-6-9(8-13)4-5-16(10)11/h4-6H,7H2,1-3H3.